The fourth-order valence-corrected chi connectivity index (χ4v) is 5.17. The van der Waals surface area contributed by atoms with E-state index < -0.39 is 29.3 Å². The summed E-state index contributed by atoms with van der Waals surface area (Å²) in [4.78, 5) is 43.3. The Labute approximate surface area is 254 Å². The Kier molecular flexibility index (Phi) is 11.1. The van der Waals surface area contributed by atoms with Crippen molar-refractivity contribution in [2.75, 3.05) is 17.3 Å². The van der Waals surface area contributed by atoms with Crippen LogP contribution in [0, 0.1) is 6.92 Å². The highest BCUT2D eigenvalue weighted by Gasteiger charge is 2.43. The molecule has 0 bridgehead atoms. The van der Waals surface area contributed by atoms with Gasteiger partial charge in [-0.2, -0.15) is 11.8 Å². The minimum Gasteiger partial charge on any atom is -0.444 e. The molecule has 0 aromatic heterocycles. The average Bonchev–Trinajstić information content (AvgIpc) is 2.93. The van der Waals surface area contributed by atoms with Crippen LogP contribution in [0.5, 0.6) is 0 Å². The van der Waals surface area contributed by atoms with Gasteiger partial charge >= 0.3 is 6.09 Å². The Morgan fingerprint density at radius 2 is 1.57 bits per heavy atom. The Morgan fingerprint density at radius 3 is 2.17 bits per heavy atom. The molecular weight excluding hydrogens is 546 g/mol. The number of hydrogen-bond donors (Lipinski definition) is 2. The van der Waals surface area contributed by atoms with E-state index in [2.05, 4.69) is 10.6 Å². The fraction of sp³-hybridized carbons (Fsp3) is 0.441. The predicted octanol–water partition coefficient (Wildman–Crippen LogP) is 7.49. The van der Waals surface area contributed by atoms with Crippen LogP contribution in [0.15, 0.2) is 66.7 Å². The van der Waals surface area contributed by atoms with Gasteiger partial charge < -0.3 is 20.3 Å². The number of nitrogens with zero attached hydrogens (tertiary/aromatic N) is 1. The van der Waals surface area contributed by atoms with E-state index in [9.17, 15) is 14.4 Å². The van der Waals surface area contributed by atoms with Crippen molar-refractivity contribution in [2.24, 2.45) is 0 Å². The summed E-state index contributed by atoms with van der Waals surface area (Å²) in [5, 5.41) is 7.97. The van der Waals surface area contributed by atoms with E-state index in [0.29, 0.717) is 29.8 Å². The number of rotatable bonds is 11. The van der Waals surface area contributed by atoms with Crippen molar-refractivity contribution in [2.45, 2.75) is 84.5 Å². The van der Waals surface area contributed by atoms with Crippen molar-refractivity contribution in [3.63, 3.8) is 0 Å². The number of ether oxygens (including phenoxy) is 1. The first-order valence-corrected chi connectivity index (χ1v) is 15.8. The van der Waals surface area contributed by atoms with E-state index in [1.807, 2.05) is 101 Å². The number of hydrogen-bond acceptors (Lipinski definition) is 5. The van der Waals surface area contributed by atoms with Crippen molar-refractivity contribution < 1.29 is 19.1 Å². The van der Waals surface area contributed by atoms with Crippen LogP contribution in [-0.2, 0) is 14.3 Å². The Hall–Kier alpha value is -3.52. The molecule has 0 radical (unpaired) electrons. The molecule has 0 aliphatic carbocycles. The molecule has 0 heterocycles. The van der Waals surface area contributed by atoms with Crippen LogP contribution in [0.25, 0.3) is 10.8 Å². The van der Waals surface area contributed by atoms with Gasteiger partial charge in [0.1, 0.15) is 17.7 Å². The first-order chi connectivity index (χ1) is 19.8. The van der Waals surface area contributed by atoms with Crippen molar-refractivity contribution >= 4 is 46.1 Å². The number of fused-ring (bicyclic) bond motifs is 1. The minimum absolute atomic E-state index is 0.329. The lowest BCUT2D eigenvalue weighted by Crippen LogP contribution is -2.59. The highest BCUT2D eigenvalue weighted by atomic mass is 32.2. The maximum Gasteiger partial charge on any atom is 0.408 e. The van der Waals surface area contributed by atoms with Crippen LogP contribution in [0.3, 0.4) is 0 Å². The molecule has 0 aliphatic rings. The third kappa shape index (κ3) is 8.74. The van der Waals surface area contributed by atoms with Crippen molar-refractivity contribution in [1.29, 1.82) is 0 Å². The SMILES string of the molecule is CCC(C)(C)N(C(=O)C(CCSC)NC(=O)OC(C)(C)C)C(C(=O)Nc1ccc2ccccc2c1)c1ccc(C)cc1. The smallest absolute Gasteiger partial charge is 0.408 e. The second-order valence-electron chi connectivity index (χ2n) is 12.2. The zero-order valence-corrected chi connectivity index (χ0v) is 26.9. The standard InChI is InChI=1S/C34H45N3O4S/c1-9-34(6,7)37(31(39)28(20-21-42-8)36-32(40)41-33(3,4)5)29(25-16-14-23(2)15-17-25)30(38)35-27-19-18-24-12-10-11-13-26(24)22-27/h10-19,22,28-29H,9,20-21H2,1-8H3,(H,35,38)(H,36,40). The minimum atomic E-state index is -0.947. The lowest BCUT2D eigenvalue weighted by Gasteiger charge is -2.44. The van der Waals surface area contributed by atoms with E-state index in [4.69, 9.17) is 4.74 Å². The van der Waals surface area contributed by atoms with Crippen molar-refractivity contribution in [3.05, 3.63) is 77.9 Å². The Morgan fingerprint density at radius 1 is 0.929 bits per heavy atom. The summed E-state index contributed by atoms with van der Waals surface area (Å²) in [5.41, 5.74) is 0.937. The maximum atomic E-state index is 14.5. The molecule has 3 amide bonds. The number of alkyl carbamates (subject to hydrolysis) is 1. The van der Waals surface area contributed by atoms with Crippen LogP contribution < -0.4 is 10.6 Å². The highest BCUT2D eigenvalue weighted by molar-refractivity contribution is 7.98. The molecule has 7 nitrogen and oxygen atoms in total. The topological polar surface area (TPSA) is 87.7 Å². The maximum absolute atomic E-state index is 14.5. The summed E-state index contributed by atoms with van der Waals surface area (Å²) in [6, 6.07) is 19.6. The van der Waals surface area contributed by atoms with Gasteiger partial charge in [0.25, 0.3) is 5.91 Å². The summed E-state index contributed by atoms with van der Waals surface area (Å²) < 4.78 is 5.50. The van der Waals surface area contributed by atoms with Gasteiger partial charge in [-0.05, 0) is 94.9 Å². The van der Waals surface area contributed by atoms with E-state index in [1.54, 1.807) is 37.4 Å². The number of amides is 3. The van der Waals surface area contributed by atoms with Gasteiger partial charge in [-0.25, -0.2) is 4.79 Å². The third-order valence-electron chi connectivity index (χ3n) is 7.27. The molecule has 8 heteroatoms. The summed E-state index contributed by atoms with van der Waals surface area (Å²) in [6.45, 7) is 13.2. The quantitative estimate of drug-likeness (QED) is 0.241. The van der Waals surface area contributed by atoms with Crippen LogP contribution in [0.4, 0.5) is 10.5 Å². The van der Waals surface area contributed by atoms with Gasteiger partial charge in [0.2, 0.25) is 5.91 Å². The summed E-state index contributed by atoms with van der Waals surface area (Å²) in [7, 11) is 0. The fourth-order valence-electron chi connectivity index (χ4n) is 4.70. The van der Waals surface area contributed by atoms with Crippen molar-refractivity contribution in [3.8, 4) is 0 Å². The zero-order chi connectivity index (χ0) is 31.1. The van der Waals surface area contributed by atoms with Gasteiger partial charge in [0.05, 0.1) is 0 Å². The summed E-state index contributed by atoms with van der Waals surface area (Å²) in [6.07, 6.45) is 2.27. The molecule has 0 saturated carbocycles. The molecule has 3 aromatic carbocycles. The van der Waals surface area contributed by atoms with E-state index in [-0.39, 0.29) is 11.8 Å². The Bertz CT molecular complexity index is 1380. The molecule has 42 heavy (non-hydrogen) atoms. The third-order valence-corrected chi connectivity index (χ3v) is 7.92. The molecule has 0 aliphatic heterocycles. The van der Waals surface area contributed by atoms with Crippen molar-refractivity contribution in [1.82, 2.24) is 10.2 Å². The molecule has 2 unspecified atom stereocenters. The van der Waals surface area contributed by atoms with Gasteiger partial charge in [0, 0.05) is 11.2 Å². The van der Waals surface area contributed by atoms with E-state index in [1.165, 1.54) is 0 Å². The normalized spacial score (nSPS) is 13.2. The number of carbonyl (C=O) groups is 3. The van der Waals surface area contributed by atoms with E-state index in [0.717, 1.165) is 16.3 Å². The van der Waals surface area contributed by atoms with Gasteiger partial charge in [0.15, 0.2) is 0 Å². The average molecular weight is 592 g/mol. The molecule has 0 spiro atoms. The highest BCUT2D eigenvalue weighted by Crippen LogP contribution is 2.34. The zero-order valence-electron chi connectivity index (χ0n) is 26.1. The molecular formula is C34H45N3O4S. The molecule has 3 aromatic rings. The lowest BCUT2D eigenvalue weighted by atomic mass is 9.91. The largest absolute Gasteiger partial charge is 0.444 e. The molecule has 2 atom stereocenters. The number of nitrogens with one attached hydrogen (secondary N) is 2. The number of anilines is 1. The van der Waals surface area contributed by atoms with Gasteiger partial charge in [-0.3, -0.25) is 9.59 Å². The molecule has 0 saturated heterocycles. The molecule has 2 N–H and O–H groups in total. The first kappa shape index (κ1) is 33.0. The summed E-state index contributed by atoms with van der Waals surface area (Å²) >= 11 is 1.59. The number of thioether (sulfide) groups is 1. The second-order valence-corrected chi connectivity index (χ2v) is 13.2. The summed E-state index contributed by atoms with van der Waals surface area (Å²) in [5.74, 6) is -0.0173. The molecule has 226 valence electrons. The Balaban J connectivity index is 2.08. The van der Waals surface area contributed by atoms with Crippen LogP contribution in [0.2, 0.25) is 0 Å². The number of carbonyl (C=O) groups excluding carboxylic acids is 3. The van der Waals surface area contributed by atoms with Crippen LogP contribution in [-0.4, -0.2) is 52.0 Å². The second kappa shape index (κ2) is 14.1. The van der Waals surface area contributed by atoms with E-state index >= 15 is 0 Å². The lowest BCUT2D eigenvalue weighted by molar-refractivity contribution is -0.147. The number of benzene rings is 3. The number of aryl methyl sites for hydroxylation is 1. The monoisotopic (exact) mass is 591 g/mol. The van der Waals surface area contributed by atoms with Gasteiger partial charge in [-0.15, -0.1) is 0 Å². The van der Waals surface area contributed by atoms with Gasteiger partial charge in [-0.1, -0.05) is 67.1 Å². The first-order valence-electron chi connectivity index (χ1n) is 14.4. The van der Waals surface area contributed by atoms with Crippen LogP contribution in [0.1, 0.15) is 71.6 Å². The van der Waals surface area contributed by atoms with Crippen LogP contribution >= 0.6 is 11.8 Å². The molecule has 3 rings (SSSR count). The molecule has 0 fully saturated rings. The predicted molar refractivity (Wildman–Crippen MR) is 174 cm³/mol.